The Balaban J connectivity index is 2.16. The lowest BCUT2D eigenvalue weighted by Gasteiger charge is -2.23. The first-order chi connectivity index (χ1) is 7.72. The fourth-order valence-corrected chi connectivity index (χ4v) is 1.90. The van der Waals surface area contributed by atoms with Crippen molar-refractivity contribution in [2.24, 2.45) is 0 Å². The number of hydrogen-bond acceptors (Lipinski definition) is 4. The number of nitrogens with zero attached hydrogens (tertiary/aromatic N) is 3. The van der Waals surface area contributed by atoms with Crippen molar-refractivity contribution < 1.29 is 4.79 Å². The van der Waals surface area contributed by atoms with Crippen LogP contribution in [0, 0.1) is 6.92 Å². The van der Waals surface area contributed by atoms with E-state index in [9.17, 15) is 4.79 Å². The molecule has 1 aliphatic rings. The minimum Gasteiger partial charge on any atom is -0.353 e. The third-order valence-corrected chi connectivity index (χ3v) is 2.74. The predicted molar refractivity (Wildman–Crippen MR) is 58.8 cm³/mol. The Kier molecular flexibility index (Phi) is 3.19. The number of nitrogens with one attached hydrogen (secondary N) is 2. The number of carbonyl (C=O) groups excluding carboxylic acids is 1. The van der Waals surface area contributed by atoms with Crippen LogP contribution in [0.4, 0.5) is 0 Å². The second-order valence-electron chi connectivity index (χ2n) is 3.99. The Hall–Kier alpha value is -1.43. The molecule has 0 aromatic carbocycles. The molecule has 1 fully saturated rings. The van der Waals surface area contributed by atoms with Crippen LogP contribution in [0.3, 0.4) is 0 Å². The third-order valence-electron chi connectivity index (χ3n) is 2.74. The highest BCUT2D eigenvalue weighted by atomic mass is 16.2. The smallest absolute Gasteiger partial charge is 0.234 e. The van der Waals surface area contributed by atoms with Gasteiger partial charge in [0.1, 0.15) is 5.82 Å². The molecule has 2 N–H and O–H groups in total. The van der Waals surface area contributed by atoms with E-state index in [1.54, 1.807) is 0 Å². The van der Waals surface area contributed by atoms with Crippen LogP contribution in [0.25, 0.3) is 0 Å². The zero-order chi connectivity index (χ0) is 11.5. The number of rotatable bonds is 3. The van der Waals surface area contributed by atoms with E-state index in [2.05, 4.69) is 32.3 Å². The maximum Gasteiger partial charge on any atom is 0.234 e. The van der Waals surface area contributed by atoms with E-state index in [0.29, 0.717) is 13.1 Å². The zero-order valence-electron chi connectivity index (χ0n) is 9.66. The number of aryl methyl sites for hydroxylation is 1. The molecule has 16 heavy (non-hydrogen) atoms. The summed E-state index contributed by atoms with van der Waals surface area (Å²) in [6, 6.07) is 0.0745. The molecule has 0 spiro atoms. The Morgan fingerprint density at radius 2 is 2.31 bits per heavy atom. The Bertz CT molecular complexity index is 377. The van der Waals surface area contributed by atoms with Gasteiger partial charge in [-0.1, -0.05) is 6.92 Å². The molecule has 1 aromatic rings. The van der Waals surface area contributed by atoms with Crippen LogP contribution >= 0.6 is 0 Å². The van der Waals surface area contributed by atoms with E-state index < -0.39 is 0 Å². The third kappa shape index (κ3) is 2.06. The predicted octanol–water partition coefficient (Wildman–Crippen LogP) is -0.243. The fraction of sp³-hybridized carbons (Fsp3) is 0.700. The summed E-state index contributed by atoms with van der Waals surface area (Å²) in [5, 5.41) is 14.3. The normalized spacial score (nSPS) is 20.9. The molecule has 1 atom stereocenters. The van der Waals surface area contributed by atoms with Gasteiger partial charge in [-0.15, -0.1) is 10.2 Å². The van der Waals surface area contributed by atoms with Crippen LogP contribution in [0.1, 0.15) is 31.0 Å². The van der Waals surface area contributed by atoms with Gasteiger partial charge in [-0.25, -0.2) is 0 Å². The van der Waals surface area contributed by atoms with E-state index in [0.717, 1.165) is 24.6 Å². The Morgan fingerprint density at radius 3 is 2.94 bits per heavy atom. The highest BCUT2D eigenvalue weighted by molar-refractivity contribution is 5.78. The Morgan fingerprint density at radius 1 is 1.50 bits per heavy atom. The summed E-state index contributed by atoms with van der Waals surface area (Å²) in [6.45, 7) is 5.93. The lowest BCUT2D eigenvalue weighted by atomic mass is 10.2. The number of aromatic nitrogens is 3. The van der Waals surface area contributed by atoms with Crippen LogP contribution in [-0.2, 0) is 11.3 Å². The van der Waals surface area contributed by atoms with Gasteiger partial charge in [0.05, 0.1) is 12.6 Å². The van der Waals surface area contributed by atoms with Gasteiger partial charge in [0.2, 0.25) is 5.91 Å². The summed E-state index contributed by atoms with van der Waals surface area (Å²) < 4.78 is 2.11. The van der Waals surface area contributed by atoms with E-state index in [4.69, 9.17) is 0 Å². The van der Waals surface area contributed by atoms with Crippen LogP contribution in [0.2, 0.25) is 0 Å². The number of carbonyl (C=O) groups is 1. The van der Waals surface area contributed by atoms with Crippen molar-refractivity contribution in [1.29, 1.82) is 0 Å². The number of amides is 1. The molecule has 1 aliphatic heterocycles. The van der Waals surface area contributed by atoms with Crippen molar-refractivity contribution >= 4 is 5.91 Å². The molecule has 6 nitrogen and oxygen atoms in total. The highest BCUT2D eigenvalue weighted by Crippen LogP contribution is 2.13. The molecule has 0 saturated carbocycles. The summed E-state index contributed by atoms with van der Waals surface area (Å²) in [5.74, 6) is 1.88. The molecule has 0 aliphatic carbocycles. The summed E-state index contributed by atoms with van der Waals surface area (Å²) in [6.07, 6.45) is 1.05. The molecule has 88 valence electrons. The van der Waals surface area contributed by atoms with Gasteiger partial charge >= 0.3 is 0 Å². The molecule has 1 unspecified atom stereocenters. The lowest BCUT2D eigenvalue weighted by molar-refractivity contribution is -0.121. The lowest BCUT2D eigenvalue weighted by Crippen LogP contribution is -2.47. The summed E-state index contributed by atoms with van der Waals surface area (Å²) in [7, 11) is 0. The average Bonchev–Trinajstić information content (AvgIpc) is 2.63. The minimum atomic E-state index is 0.0366. The molecule has 1 amide bonds. The van der Waals surface area contributed by atoms with Crippen LogP contribution in [0.15, 0.2) is 0 Å². The second kappa shape index (κ2) is 4.61. The van der Waals surface area contributed by atoms with Crippen molar-refractivity contribution in [2.75, 3.05) is 13.1 Å². The van der Waals surface area contributed by atoms with Crippen molar-refractivity contribution in [3.63, 3.8) is 0 Å². The van der Waals surface area contributed by atoms with Crippen molar-refractivity contribution in [2.45, 2.75) is 32.9 Å². The quantitative estimate of drug-likeness (QED) is 0.741. The average molecular weight is 223 g/mol. The topological polar surface area (TPSA) is 71.8 Å². The van der Waals surface area contributed by atoms with Gasteiger partial charge in [0, 0.05) is 13.1 Å². The summed E-state index contributed by atoms with van der Waals surface area (Å²) in [4.78, 5) is 11.0. The van der Waals surface area contributed by atoms with Gasteiger partial charge < -0.3 is 9.88 Å². The molecule has 2 rings (SSSR count). The summed E-state index contributed by atoms with van der Waals surface area (Å²) in [5.41, 5.74) is 0. The molecule has 1 aromatic heterocycles. The van der Waals surface area contributed by atoms with Gasteiger partial charge in [0.25, 0.3) is 0 Å². The van der Waals surface area contributed by atoms with Crippen LogP contribution in [0.5, 0.6) is 0 Å². The van der Waals surface area contributed by atoms with Gasteiger partial charge in [0.15, 0.2) is 5.82 Å². The summed E-state index contributed by atoms with van der Waals surface area (Å²) >= 11 is 0. The van der Waals surface area contributed by atoms with E-state index in [1.165, 1.54) is 0 Å². The zero-order valence-corrected chi connectivity index (χ0v) is 9.66. The van der Waals surface area contributed by atoms with Crippen LogP contribution < -0.4 is 10.6 Å². The van der Waals surface area contributed by atoms with Gasteiger partial charge in [-0.05, 0) is 13.3 Å². The fourth-order valence-electron chi connectivity index (χ4n) is 1.90. The SMILES string of the molecule is CCCn1c(C)nnc1C1CNC(=O)CN1. The van der Waals surface area contributed by atoms with E-state index in [-0.39, 0.29) is 11.9 Å². The van der Waals surface area contributed by atoms with E-state index >= 15 is 0 Å². The first kappa shape index (κ1) is 11.1. The largest absolute Gasteiger partial charge is 0.353 e. The number of piperazine rings is 1. The molecular weight excluding hydrogens is 206 g/mol. The van der Waals surface area contributed by atoms with Crippen molar-refractivity contribution in [3.8, 4) is 0 Å². The van der Waals surface area contributed by atoms with E-state index in [1.807, 2.05) is 6.92 Å². The molecule has 2 heterocycles. The first-order valence-electron chi connectivity index (χ1n) is 5.62. The second-order valence-corrected chi connectivity index (χ2v) is 3.99. The molecule has 1 saturated heterocycles. The molecule has 0 radical (unpaired) electrons. The molecule has 0 bridgehead atoms. The van der Waals surface area contributed by atoms with Crippen molar-refractivity contribution in [3.05, 3.63) is 11.6 Å². The maximum atomic E-state index is 11.0. The maximum absolute atomic E-state index is 11.0. The minimum absolute atomic E-state index is 0.0366. The monoisotopic (exact) mass is 223 g/mol. The van der Waals surface area contributed by atoms with Gasteiger partial charge in [-0.2, -0.15) is 0 Å². The standard InChI is InChI=1S/C10H17N5O/c1-3-4-15-7(2)13-14-10(15)8-5-12-9(16)6-11-8/h8,11H,3-6H2,1-2H3,(H,12,16). The highest BCUT2D eigenvalue weighted by Gasteiger charge is 2.23. The molecular formula is C10H17N5O. The number of hydrogen-bond donors (Lipinski definition) is 2. The van der Waals surface area contributed by atoms with Crippen molar-refractivity contribution in [1.82, 2.24) is 25.4 Å². The first-order valence-corrected chi connectivity index (χ1v) is 5.62. The Labute approximate surface area is 94.4 Å². The van der Waals surface area contributed by atoms with Gasteiger partial charge in [-0.3, -0.25) is 10.1 Å². The molecule has 6 heteroatoms. The van der Waals surface area contributed by atoms with Crippen LogP contribution in [-0.4, -0.2) is 33.8 Å².